The fourth-order valence-electron chi connectivity index (χ4n) is 3.95. The maximum absolute atomic E-state index is 3.59. The summed E-state index contributed by atoms with van der Waals surface area (Å²) in [4.78, 5) is 0. The zero-order valence-electron chi connectivity index (χ0n) is 12.9. The summed E-state index contributed by atoms with van der Waals surface area (Å²) < 4.78 is 0. The molecule has 0 saturated heterocycles. The molecule has 1 saturated carbocycles. The average Bonchev–Trinajstić information content (AvgIpc) is 3.16. The minimum Gasteiger partial charge on any atom is -0.0932 e. The van der Waals surface area contributed by atoms with Crippen LogP contribution in [-0.2, 0) is 0 Å². The predicted molar refractivity (Wildman–Crippen MR) is 91.5 cm³/mol. The van der Waals surface area contributed by atoms with E-state index in [1.807, 2.05) is 6.07 Å². The third-order valence-corrected chi connectivity index (χ3v) is 5.08. The van der Waals surface area contributed by atoms with Gasteiger partial charge in [0.1, 0.15) is 0 Å². The van der Waals surface area contributed by atoms with Crippen molar-refractivity contribution in [1.82, 2.24) is 0 Å². The van der Waals surface area contributed by atoms with Crippen molar-refractivity contribution >= 4 is 0 Å². The van der Waals surface area contributed by atoms with Gasteiger partial charge in [0.05, 0.1) is 0 Å². The Morgan fingerprint density at radius 3 is 2.36 bits per heavy atom. The second kappa shape index (κ2) is 5.50. The van der Waals surface area contributed by atoms with Crippen LogP contribution in [0.5, 0.6) is 0 Å². The molecule has 108 valence electrons. The van der Waals surface area contributed by atoms with E-state index in [1.165, 1.54) is 17.5 Å². The first-order valence-electron chi connectivity index (χ1n) is 8.13. The number of hydrogen-bond acceptors (Lipinski definition) is 0. The number of hydrogen-bond donors (Lipinski definition) is 0. The van der Waals surface area contributed by atoms with Gasteiger partial charge in [-0.3, -0.25) is 0 Å². The van der Waals surface area contributed by atoms with Crippen molar-refractivity contribution < 1.29 is 0 Å². The lowest BCUT2D eigenvalue weighted by atomic mass is 9.78. The monoisotopic (exact) mass is 284 g/mol. The first kappa shape index (κ1) is 13.4. The van der Waals surface area contributed by atoms with Gasteiger partial charge in [-0.15, -0.1) is 0 Å². The first-order chi connectivity index (χ1) is 10.8. The Bertz CT molecular complexity index is 740. The maximum atomic E-state index is 3.59. The topological polar surface area (TPSA) is 0 Å². The number of aryl methyl sites for hydroxylation is 1. The zero-order valence-corrected chi connectivity index (χ0v) is 12.9. The van der Waals surface area contributed by atoms with Crippen molar-refractivity contribution in [1.29, 1.82) is 0 Å². The minimum absolute atomic E-state index is 0.456. The van der Waals surface area contributed by atoms with E-state index < -0.39 is 0 Å². The van der Waals surface area contributed by atoms with Crippen LogP contribution in [0.3, 0.4) is 0 Å². The molecule has 2 aliphatic carbocycles. The molecule has 2 aromatic rings. The molecule has 0 aliphatic heterocycles. The van der Waals surface area contributed by atoms with Crippen LogP contribution in [0.15, 0.2) is 66.7 Å². The maximum Gasteiger partial charge on any atom is 0.0343 e. The van der Waals surface area contributed by atoms with Crippen molar-refractivity contribution in [3.05, 3.63) is 83.4 Å². The Kier molecular flexibility index (Phi) is 3.35. The summed E-state index contributed by atoms with van der Waals surface area (Å²) in [6, 6.07) is 19.4. The van der Waals surface area contributed by atoms with Crippen LogP contribution in [0.25, 0.3) is 0 Å². The summed E-state index contributed by atoms with van der Waals surface area (Å²) in [5.41, 5.74) is 3.90. The highest BCUT2D eigenvalue weighted by Gasteiger charge is 2.44. The summed E-state index contributed by atoms with van der Waals surface area (Å²) in [5, 5.41) is 0. The van der Waals surface area contributed by atoms with E-state index in [-0.39, 0.29) is 0 Å². The van der Waals surface area contributed by atoms with E-state index in [0.717, 1.165) is 5.56 Å². The molecule has 0 heteroatoms. The molecule has 0 heterocycles. The minimum atomic E-state index is 0.456. The number of fused-ring (bicyclic) bond motifs is 2. The second-order valence-corrected chi connectivity index (χ2v) is 6.55. The number of benzene rings is 2. The fraction of sp³-hybridized carbons (Fsp3) is 0.273. The molecule has 1 fully saturated rings. The number of allylic oxidation sites excluding steroid dienone is 2. The predicted octanol–water partition coefficient (Wildman–Crippen LogP) is 4.95. The SMILES string of the molecule is Cc1ccc([C@@H]2[C@@H](C#Cc3ccccc3)[C@@H]3C=C[C@H]2C3)cc1. The van der Waals surface area contributed by atoms with Gasteiger partial charge in [0.15, 0.2) is 0 Å². The summed E-state index contributed by atoms with van der Waals surface area (Å²) in [6.07, 6.45) is 6.07. The Hall–Kier alpha value is -2.26. The van der Waals surface area contributed by atoms with Gasteiger partial charge in [-0.2, -0.15) is 0 Å². The lowest BCUT2D eigenvalue weighted by Gasteiger charge is -2.24. The molecule has 0 unspecified atom stereocenters. The van der Waals surface area contributed by atoms with Crippen LogP contribution in [0.4, 0.5) is 0 Å². The van der Waals surface area contributed by atoms with Crippen molar-refractivity contribution in [2.75, 3.05) is 0 Å². The Balaban J connectivity index is 1.67. The molecule has 0 aromatic heterocycles. The summed E-state index contributed by atoms with van der Waals surface area (Å²) in [6.45, 7) is 2.15. The van der Waals surface area contributed by atoms with E-state index in [9.17, 15) is 0 Å². The van der Waals surface area contributed by atoms with E-state index in [4.69, 9.17) is 0 Å². The summed E-state index contributed by atoms with van der Waals surface area (Å²) in [7, 11) is 0. The molecule has 2 aromatic carbocycles. The van der Waals surface area contributed by atoms with E-state index in [1.54, 1.807) is 0 Å². The van der Waals surface area contributed by atoms with Crippen LogP contribution in [0.2, 0.25) is 0 Å². The third-order valence-electron chi connectivity index (χ3n) is 5.08. The van der Waals surface area contributed by atoms with Crippen LogP contribution in [0, 0.1) is 36.5 Å². The molecule has 22 heavy (non-hydrogen) atoms. The Morgan fingerprint density at radius 2 is 1.59 bits per heavy atom. The van der Waals surface area contributed by atoms with Gasteiger partial charge in [0, 0.05) is 17.4 Å². The quantitative estimate of drug-likeness (QED) is 0.513. The molecule has 4 atom stereocenters. The lowest BCUT2D eigenvalue weighted by Crippen LogP contribution is -2.16. The highest BCUT2D eigenvalue weighted by molar-refractivity contribution is 5.39. The largest absolute Gasteiger partial charge is 0.0932 e. The van der Waals surface area contributed by atoms with Crippen LogP contribution >= 0.6 is 0 Å². The molecular weight excluding hydrogens is 264 g/mol. The molecular formula is C22H20. The van der Waals surface area contributed by atoms with Gasteiger partial charge in [-0.05, 0) is 42.9 Å². The van der Waals surface area contributed by atoms with Crippen molar-refractivity contribution in [2.24, 2.45) is 17.8 Å². The van der Waals surface area contributed by atoms with Gasteiger partial charge < -0.3 is 0 Å². The van der Waals surface area contributed by atoms with Crippen molar-refractivity contribution in [3.63, 3.8) is 0 Å². The molecule has 0 nitrogen and oxygen atoms in total. The summed E-state index contributed by atoms with van der Waals surface area (Å²) in [5.74, 6) is 9.31. The normalized spacial score (nSPS) is 28.4. The van der Waals surface area contributed by atoms with E-state index in [2.05, 4.69) is 79.4 Å². The van der Waals surface area contributed by atoms with Crippen molar-refractivity contribution in [2.45, 2.75) is 19.3 Å². The highest BCUT2D eigenvalue weighted by atomic mass is 14.5. The van der Waals surface area contributed by atoms with Crippen LogP contribution < -0.4 is 0 Å². The third kappa shape index (κ3) is 2.38. The van der Waals surface area contributed by atoms with Crippen LogP contribution in [-0.4, -0.2) is 0 Å². The Morgan fingerprint density at radius 1 is 0.864 bits per heavy atom. The Labute approximate surface area is 132 Å². The van der Waals surface area contributed by atoms with Crippen molar-refractivity contribution in [3.8, 4) is 11.8 Å². The molecule has 4 rings (SSSR count). The van der Waals surface area contributed by atoms with Gasteiger partial charge in [0.25, 0.3) is 0 Å². The molecule has 0 N–H and O–H groups in total. The first-order valence-corrected chi connectivity index (χ1v) is 8.13. The second-order valence-electron chi connectivity index (χ2n) is 6.55. The smallest absolute Gasteiger partial charge is 0.0343 e. The molecule has 2 aliphatic rings. The van der Waals surface area contributed by atoms with E-state index in [0.29, 0.717) is 23.7 Å². The number of rotatable bonds is 1. The molecule has 2 bridgehead atoms. The fourth-order valence-corrected chi connectivity index (χ4v) is 3.95. The molecule has 0 radical (unpaired) electrons. The van der Waals surface area contributed by atoms with Crippen LogP contribution in [0.1, 0.15) is 29.0 Å². The standard InChI is InChI=1S/C22H20/c1-16-7-10-18(11-8-16)22-20-13-12-19(15-20)21(22)14-9-17-5-3-2-4-6-17/h2-8,10-13,19-22H,15H2,1H3/t19-,20+,21+,22+/m1/s1. The molecule has 0 spiro atoms. The van der Waals surface area contributed by atoms with Gasteiger partial charge >= 0.3 is 0 Å². The zero-order chi connectivity index (χ0) is 14.9. The van der Waals surface area contributed by atoms with Gasteiger partial charge in [-0.25, -0.2) is 0 Å². The van der Waals surface area contributed by atoms with E-state index >= 15 is 0 Å². The summed E-state index contributed by atoms with van der Waals surface area (Å²) >= 11 is 0. The van der Waals surface area contributed by atoms with Gasteiger partial charge in [-0.1, -0.05) is 72.0 Å². The highest BCUT2D eigenvalue weighted by Crippen LogP contribution is 2.52. The lowest BCUT2D eigenvalue weighted by molar-refractivity contribution is 0.493. The van der Waals surface area contributed by atoms with Gasteiger partial charge in [0.2, 0.25) is 0 Å². The molecule has 0 amide bonds. The average molecular weight is 284 g/mol.